The molecule has 188 valence electrons. The Kier molecular flexibility index (Phi) is 7.63. The number of amides is 1. The maximum absolute atomic E-state index is 12.5. The first-order valence-corrected chi connectivity index (χ1v) is 12.2. The number of hydrogen-bond acceptors (Lipinski definition) is 5. The van der Waals surface area contributed by atoms with Crippen molar-refractivity contribution in [3.63, 3.8) is 0 Å². The van der Waals surface area contributed by atoms with Crippen molar-refractivity contribution >= 4 is 12.1 Å². The number of carbonyl (C=O) groups excluding carboxylic acids is 2. The highest BCUT2D eigenvalue weighted by atomic mass is 16.6. The topological polar surface area (TPSA) is 73.9 Å². The van der Waals surface area contributed by atoms with Gasteiger partial charge in [-0.1, -0.05) is 60.7 Å². The Balaban J connectivity index is 1.25. The zero-order chi connectivity index (χ0) is 25.7. The monoisotopic (exact) mass is 487 g/mol. The molecule has 1 aliphatic rings. The molecule has 1 aliphatic carbocycles. The Morgan fingerprint density at radius 3 is 2.06 bits per heavy atom. The van der Waals surface area contributed by atoms with Gasteiger partial charge in [0.15, 0.2) is 6.61 Å². The number of hydrogen-bond donors (Lipinski definition) is 1. The maximum Gasteiger partial charge on any atom is 0.407 e. The largest absolute Gasteiger partial charge is 0.482 e. The lowest BCUT2D eigenvalue weighted by Gasteiger charge is -2.19. The van der Waals surface area contributed by atoms with Crippen LogP contribution in [0.25, 0.3) is 11.1 Å². The molecule has 0 aliphatic heterocycles. The molecule has 6 nitrogen and oxygen atoms in total. The van der Waals surface area contributed by atoms with Crippen LogP contribution in [-0.2, 0) is 20.7 Å². The molecular formula is C30H33NO5. The molecule has 1 amide bonds. The molecule has 1 atom stereocenters. The fourth-order valence-corrected chi connectivity index (χ4v) is 4.48. The van der Waals surface area contributed by atoms with Crippen LogP contribution in [0.1, 0.15) is 50.3 Å². The first-order chi connectivity index (χ1) is 17.2. The molecule has 0 bridgehead atoms. The molecule has 0 fully saturated rings. The molecule has 4 rings (SSSR count). The number of nitrogens with one attached hydrogen (secondary N) is 1. The van der Waals surface area contributed by atoms with Gasteiger partial charge in [0.2, 0.25) is 0 Å². The van der Waals surface area contributed by atoms with Gasteiger partial charge in [0.1, 0.15) is 18.0 Å². The second-order valence-corrected chi connectivity index (χ2v) is 10.1. The van der Waals surface area contributed by atoms with Crippen molar-refractivity contribution in [1.29, 1.82) is 0 Å². The molecular weight excluding hydrogens is 454 g/mol. The second kappa shape index (κ2) is 10.9. The van der Waals surface area contributed by atoms with Crippen LogP contribution in [-0.4, -0.2) is 36.9 Å². The zero-order valence-electron chi connectivity index (χ0n) is 21.2. The van der Waals surface area contributed by atoms with Crippen molar-refractivity contribution in [2.75, 3.05) is 13.2 Å². The standard InChI is InChI=1S/C30H33NO5/c1-20(17-21-13-15-22(16-14-21)34-19-28(32)36-30(2,3)4)31-29(33)35-18-27-25-11-7-5-9-23(25)24-10-6-8-12-26(24)27/h5-16,20,27H,17-19H2,1-4H3,(H,31,33). The molecule has 0 spiro atoms. The van der Waals surface area contributed by atoms with E-state index in [0.29, 0.717) is 12.2 Å². The quantitative estimate of drug-likeness (QED) is 0.402. The highest BCUT2D eigenvalue weighted by Gasteiger charge is 2.29. The molecule has 3 aromatic rings. The smallest absolute Gasteiger partial charge is 0.407 e. The average Bonchev–Trinajstić information content (AvgIpc) is 3.15. The lowest BCUT2D eigenvalue weighted by atomic mass is 9.98. The van der Waals surface area contributed by atoms with Crippen LogP contribution in [0.15, 0.2) is 72.8 Å². The average molecular weight is 488 g/mol. The van der Waals surface area contributed by atoms with E-state index in [0.717, 1.165) is 5.56 Å². The van der Waals surface area contributed by atoms with Gasteiger partial charge in [-0.2, -0.15) is 0 Å². The van der Waals surface area contributed by atoms with E-state index >= 15 is 0 Å². The van der Waals surface area contributed by atoms with E-state index in [9.17, 15) is 9.59 Å². The molecule has 0 aromatic heterocycles. The Hall–Kier alpha value is -3.80. The Bertz CT molecular complexity index is 1170. The van der Waals surface area contributed by atoms with Gasteiger partial charge in [-0.15, -0.1) is 0 Å². The first-order valence-electron chi connectivity index (χ1n) is 12.2. The van der Waals surface area contributed by atoms with Gasteiger partial charge in [-0.05, 0) is 74.1 Å². The van der Waals surface area contributed by atoms with Gasteiger partial charge < -0.3 is 19.5 Å². The summed E-state index contributed by atoms with van der Waals surface area (Å²) in [5.41, 5.74) is 5.27. The molecule has 3 aromatic carbocycles. The van der Waals surface area contributed by atoms with Gasteiger partial charge in [-0.3, -0.25) is 0 Å². The minimum Gasteiger partial charge on any atom is -0.482 e. The van der Waals surface area contributed by atoms with Gasteiger partial charge in [0.05, 0.1) is 0 Å². The Labute approximate surface area is 212 Å². The summed E-state index contributed by atoms with van der Waals surface area (Å²) >= 11 is 0. The molecule has 1 N–H and O–H groups in total. The minimum absolute atomic E-state index is 0.0340. The van der Waals surface area contributed by atoms with Crippen LogP contribution in [0.2, 0.25) is 0 Å². The molecule has 1 unspecified atom stereocenters. The van der Waals surface area contributed by atoms with Crippen molar-refractivity contribution in [1.82, 2.24) is 5.32 Å². The molecule has 6 heteroatoms. The van der Waals surface area contributed by atoms with Gasteiger partial charge in [0.25, 0.3) is 0 Å². The van der Waals surface area contributed by atoms with Gasteiger partial charge in [-0.25, -0.2) is 9.59 Å². The molecule has 0 saturated carbocycles. The minimum atomic E-state index is -0.541. The Morgan fingerprint density at radius 1 is 0.889 bits per heavy atom. The van der Waals surface area contributed by atoms with Crippen LogP contribution in [0.3, 0.4) is 0 Å². The van der Waals surface area contributed by atoms with Gasteiger partial charge >= 0.3 is 12.1 Å². The summed E-state index contributed by atoms with van der Waals surface area (Å²) in [6, 6.07) is 23.9. The summed E-state index contributed by atoms with van der Waals surface area (Å²) in [6.07, 6.45) is 0.206. The van der Waals surface area contributed by atoms with E-state index in [4.69, 9.17) is 14.2 Å². The molecule has 0 radical (unpaired) electrons. The van der Waals surface area contributed by atoms with Crippen LogP contribution in [0.4, 0.5) is 4.79 Å². The maximum atomic E-state index is 12.5. The summed E-state index contributed by atoms with van der Waals surface area (Å²) in [5, 5.41) is 2.92. The lowest BCUT2D eigenvalue weighted by molar-refractivity contribution is -0.157. The number of rotatable bonds is 8. The Morgan fingerprint density at radius 2 is 1.47 bits per heavy atom. The van der Waals surface area contributed by atoms with Crippen LogP contribution in [0, 0.1) is 0 Å². The number of alkyl carbamates (subject to hydrolysis) is 1. The van der Waals surface area contributed by atoms with Gasteiger partial charge in [0, 0.05) is 12.0 Å². The van der Waals surface area contributed by atoms with Crippen LogP contribution >= 0.6 is 0 Å². The number of ether oxygens (including phenoxy) is 3. The number of carbonyl (C=O) groups is 2. The predicted molar refractivity (Wildman–Crippen MR) is 139 cm³/mol. The van der Waals surface area contributed by atoms with Crippen molar-refractivity contribution < 1.29 is 23.8 Å². The summed E-state index contributed by atoms with van der Waals surface area (Å²) < 4.78 is 16.4. The highest BCUT2D eigenvalue weighted by molar-refractivity contribution is 5.79. The van der Waals surface area contributed by atoms with E-state index in [-0.39, 0.29) is 25.2 Å². The summed E-state index contributed by atoms with van der Waals surface area (Å²) in [4.78, 5) is 24.3. The zero-order valence-corrected chi connectivity index (χ0v) is 21.2. The summed E-state index contributed by atoms with van der Waals surface area (Å²) in [6.45, 7) is 7.54. The molecule has 36 heavy (non-hydrogen) atoms. The summed E-state index contributed by atoms with van der Waals surface area (Å²) in [5.74, 6) is 0.209. The van der Waals surface area contributed by atoms with E-state index in [2.05, 4.69) is 29.6 Å². The number of benzene rings is 3. The van der Waals surface area contributed by atoms with E-state index in [1.54, 1.807) is 12.1 Å². The number of fused-ring (bicyclic) bond motifs is 3. The van der Waals surface area contributed by atoms with Crippen molar-refractivity contribution in [2.24, 2.45) is 0 Å². The van der Waals surface area contributed by atoms with Crippen LogP contribution in [0.5, 0.6) is 5.75 Å². The fourth-order valence-electron chi connectivity index (χ4n) is 4.48. The third-order valence-corrected chi connectivity index (χ3v) is 5.95. The third-order valence-electron chi connectivity index (χ3n) is 5.95. The molecule has 0 saturated heterocycles. The number of esters is 1. The normalized spacial score (nSPS) is 13.3. The summed E-state index contributed by atoms with van der Waals surface area (Å²) in [7, 11) is 0. The fraction of sp³-hybridized carbons (Fsp3) is 0.333. The second-order valence-electron chi connectivity index (χ2n) is 10.1. The molecule has 0 heterocycles. The van der Waals surface area contributed by atoms with Crippen LogP contribution < -0.4 is 10.1 Å². The van der Waals surface area contributed by atoms with Crippen molar-refractivity contribution in [2.45, 2.75) is 51.7 Å². The highest BCUT2D eigenvalue weighted by Crippen LogP contribution is 2.44. The predicted octanol–water partition coefficient (Wildman–Crippen LogP) is 5.88. The van der Waals surface area contributed by atoms with E-state index in [1.165, 1.54) is 22.3 Å². The SMILES string of the molecule is CC(Cc1ccc(OCC(=O)OC(C)(C)C)cc1)NC(=O)OCC1c2ccccc2-c2ccccc21. The lowest BCUT2D eigenvalue weighted by Crippen LogP contribution is -2.35. The van der Waals surface area contributed by atoms with Crippen molar-refractivity contribution in [3.8, 4) is 16.9 Å². The third kappa shape index (κ3) is 6.45. The van der Waals surface area contributed by atoms with E-state index < -0.39 is 17.7 Å². The van der Waals surface area contributed by atoms with E-state index in [1.807, 2.05) is 64.1 Å². The first kappa shape index (κ1) is 25.3. The van der Waals surface area contributed by atoms with Crippen molar-refractivity contribution in [3.05, 3.63) is 89.5 Å².